The van der Waals surface area contributed by atoms with Gasteiger partial charge in [-0.05, 0) is 43.1 Å². The maximum absolute atomic E-state index is 11.0. The SMILES string of the molecule is CC(C)C1(C2(O)C=CCCC2)SCCCS1. The molecule has 0 saturated carbocycles. The van der Waals surface area contributed by atoms with Gasteiger partial charge in [0.2, 0.25) is 0 Å². The summed E-state index contributed by atoms with van der Waals surface area (Å²) in [5, 5.41) is 11.0. The van der Waals surface area contributed by atoms with Crippen LogP contribution in [0.3, 0.4) is 0 Å². The van der Waals surface area contributed by atoms with Gasteiger partial charge in [-0.25, -0.2) is 0 Å². The predicted molar refractivity (Wildman–Crippen MR) is 75.0 cm³/mol. The quantitative estimate of drug-likeness (QED) is 0.763. The Bertz CT molecular complexity index is 269. The van der Waals surface area contributed by atoms with Gasteiger partial charge in [-0.2, -0.15) is 0 Å². The van der Waals surface area contributed by atoms with Crippen molar-refractivity contribution in [1.29, 1.82) is 0 Å². The molecule has 16 heavy (non-hydrogen) atoms. The highest BCUT2D eigenvalue weighted by Gasteiger charge is 2.52. The van der Waals surface area contributed by atoms with Crippen LogP contribution in [0.15, 0.2) is 12.2 Å². The molecule has 1 fully saturated rings. The van der Waals surface area contributed by atoms with E-state index in [9.17, 15) is 5.11 Å². The highest BCUT2D eigenvalue weighted by molar-refractivity contribution is 8.19. The average molecular weight is 258 g/mol. The topological polar surface area (TPSA) is 20.2 Å². The Morgan fingerprint density at radius 3 is 2.38 bits per heavy atom. The number of hydrogen-bond acceptors (Lipinski definition) is 3. The van der Waals surface area contributed by atoms with E-state index in [0.29, 0.717) is 5.92 Å². The van der Waals surface area contributed by atoms with Crippen LogP contribution in [-0.4, -0.2) is 26.3 Å². The number of thioether (sulfide) groups is 2. The lowest BCUT2D eigenvalue weighted by Crippen LogP contribution is -2.53. The van der Waals surface area contributed by atoms with Crippen molar-refractivity contribution in [3.8, 4) is 0 Å². The average Bonchev–Trinajstić information content (AvgIpc) is 2.30. The first-order valence-corrected chi connectivity index (χ1v) is 8.26. The second-order valence-electron chi connectivity index (χ2n) is 5.09. The number of aliphatic hydroxyl groups is 1. The van der Waals surface area contributed by atoms with Gasteiger partial charge in [0, 0.05) is 0 Å². The molecule has 1 aliphatic carbocycles. The van der Waals surface area contributed by atoms with Crippen LogP contribution in [0, 0.1) is 5.92 Å². The molecule has 1 unspecified atom stereocenters. The molecule has 1 heterocycles. The highest BCUT2D eigenvalue weighted by atomic mass is 32.2. The van der Waals surface area contributed by atoms with Crippen molar-refractivity contribution in [2.75, 3.05) is 11.5 Å². The third-order valence-corrected chi connectivity index (χ3v) is 7.81. The van der Waals surface area contributed by atoms with Crippen molar-refractivity contribution in [3.63, 3.8) is 0 Å². The Balaban J connectivity index is 2.30. The standard InChI is InChI=1S/C13H22OS2/c1-11(2)13(15-9-6-10-16-13)12(14)7-4-3-5-8-12/h4,7,11,14H,3,5-6,8-10H2,1-2H3. The molecule has 0 spiro atoms. The van der Waals surface area contributed by atoms with E-state index in [1.807, 2.05) is 23.5 Å². The maximum atomic E-state index is 11.0. The minimum atomic E-state index is -0.588. The Labute approximate surface area is 107 Å². The molecule has 0 radical (unpaired) electrons. The fourth-order valence-electron chi connectivity index (χ4n) is 2.77. The van der Waals surface area contributed by atoms with E-state index in [1.165, 1.54) is 17.9 Å². The summed E-state index contributed by atoms with van der Waals surface area (Å²) in [4.78, 5) is 0. The van der Waals surface area contributed by atoms with Crippen molar-refractivity contribution >= 4 is 23.5 Å². The van der Waals surface area contributed by atoms with Crippen LogP contribution in [0.25, 0.3) is 0 Å². The van der Waals surface area contributed by atoms with Gasteiger partial charge in [0.1, 0.15) is 5.60 Å². The molecule has 1 saturated heterocycles. The van der Waals surface area contributed by atoms with Gasteiger partial charge in [-0.3, -0.25) is 0 Å². The third kappa shape index (κ3) is 2.06. The second kappa shape index (κ2) is 4.95. The summed E-state index contributed by atoms with van der Waals surface area (Å²) >= 11 is 3.97. The number of hydrogen-bond donors (Lipinski definition) is 1. The van der Waals surface area contributed by atoms with Crippen LogP contribution in [0.4, 0.5) is 0 Å². The minimum absolute atomic E-state index is 0.0117. The molecule has 0 aromatic heterocycles. The summed E-state index contributed by atoms with van der Waals surface area (Å²) in [5.74, 6) is 2.90. The fraction of sp³-hybridized carbons (Fsp3) is 0.846. The Morgan fingerprint density at radius 2 is 1.88 bits per heavy atom. The molecule has 0 aromatic carbocycles. The van der Waals surface area contributed by atoms with Gasteiger partial charge >= 0.3 is 0 Å². The van der Waals surface area contributed by atoms with Gasteiger partial charge in [-0.1, -0.05) is 26.0 Å². The van der Waals surface area contributed by atoms with Crippen LogP contribution in [0.5, 0.6) is 0 Å². The summed E-state index contributed by atoms with van der Waals surface area (Å²) in [5.41, 5.74) is -0.588. The van der Waals surface area contributed by atoms with E-state index in [1.54, 1.807) is 0 Å². The summed E-state index contributed by atoms with van der Waals surface area (Å²) in [6.07, 6.45) is 8.73. The van der Waals surface area contributed by atoms with Gasteiger partial charge in [0.25, 0.3) is 0 Å². The minimum Gasteiger partial charge on any atom is -0.383 e. The first kappa shape index (κ1) is 12.8. The van der Waals surface area contributed by atoms with E-state index in [-0.39, 0.29) is 4.08 Å². The molecule has 1 aliphatic heterocycles. The van der Waals surface area contributed by atoms with Crippen LogP contribution in [0.1, 0.15) is 39.5 Å². The van der Waals surface area contributed by atoms with E-state index >= 15 is 0 Å². The third-order valence-electron chi connectivity index (χ3n) is 3.61. The molecule has 3 heteroatoms. The molecule has 1 nitrogen and oxygen atoms in total. The van der Waals surface area contributed by atoms with E-state index in [0.717, 1.165) is 19.3 Å². The molecular weight excluding hydrogens is 236 g/mol. The molecule has 2 rings (SSSR count). The summed E-state index contributed by atoms with van der Waals surface area (Å²) in [6, 6.07) is 0. The highest BCUT2D eigenvalue weighted by Crippen LogP contribution is 2.56. The van der Waals surface area contributed by atoms with Crippen molar-refractivity contribution in [2.24, 2.45) is 5.92 Å². The van der Waals surface area contributed by atoms with Gasteiger partial charge < -0.3 is 5.11 Å². The van der Waals surface area contributed by atoms with Crippen molar-refractivity contribution in [1.82, 2.24) is 0 Å². The zero-order chi connectivity index (χ0) is 11.6. The summed E-state index contributed by atoms with van der Waals surface area (Å²) in [6.45, 7) is 4.51. The lowest BCUT2D eigenvalue weighted by atomic mass is 9.83. The number of allylic oxidation sites excluding steroid dienone is 1. The van der Waals surface area contributed by atoms with Gasteiger partial charge in [-0.15, -0.1) is 23.5 Å². The predicted octanol–water partition coefficient (Wildman–Crippen LogP) is 3.68. The summed E-state index contributed by atoms with van der Waals surface area (Å²) < 4.78 is -0.0117. The van der Waals surface area contributed by atoms with Crippen molar-refractivity contribution in [3.05, 3.63) is 12.2 Å². The van der Waals surface area contributed by atoms with Crippen molar-refractivity contribution in [2.45, 2.75) is 49.2 Å². The van der Waals surface area contributed by atoms with Gasteiger partial charge in [0.15, 0.2) is 0 Å². The Kier molecular flexibility index (Phi) is 3.97. The first-order valence-electron chi connectivity index (χ1n) is 6.29. The van der Waals surface area contributed by atoms with E-state index in [4.69, 9.17) is 0 Å². The molecule has 1 N–H and O–H groups in total. The van der Waals surface area contributed by atoms with Crippen LogP contribution in [0.2, 0.25) is 0 Å². The first-order chi connectivity index (χ1) is 7.61. The van der Waals surface area contributed by atoms with Gasteiger partial charge in [0.05, 0.1) is 4.08 Å². The summed E-state index contributed by atoms with van der Waals surface area (Å²) in [7, 11) is 0. The van der Waals surface area contributed by atoms with E-state index < -0.39 is 5.60 Å². The molecule has 1 atom stereocenters. The maximum Gasteiger partial charge on any atom is 0.107 e. The second-order valence-corrected chi connectivity index (χ2v) is 8.03. The Hall–Kier alpha value is 0.400. The van der Waals surface area contributed by atoms with Crippen LogP contribution >= 0.6 is 23.5 Å². The molecule has 0 bridgehead atoms. The molecule has 92 valence electrons. The zero-order valence-corrected chi connectivity index (χ0v) is 11.9. The number of rotatable bonds is 2. The monoisotopic (exact) mass is 258 g/mol. The smallest absolute Gasteiger partial charge is 0.107 e. The lowest BCUT2D eigenvalue weighted by molar-refractivity contribution is 0.0482. The zero-order valence-electron chi connectivity index (χ0n) is 10.2. The fourth-order valence-corrected chi connectivity index (χ4v) is 6.48. The van der Waals surface area contributed by atoms with Crippen molar-refractivity contribution < 1.29 is 5.11 Å². The normalized spacial score (nSPS) is 34.2. The lowest BCUT2D eigenvalue weighted by Gasteiger charge is -2.50. The van der Waals surface area contributed by atoms with Crippen LogP contribution in [-0.2, 0) is 0 Å². The molecular formula is C13H22OS2. The molecule has 2 aliphatic rings. The molecule has 0 aromatic rings. The van der Waals surface area contributed by atoms with E-state index in [2.05, 4.69) is 26.0 Å². The van der Waals surface area contributed by atoms with Crippen LogP contribution < -0.4 is 0 Å². The largest absolute Gasteiger partial charge is 0.383 e. The molecule has 0 amide bonds. The Morgan fingerprint density at radius 1 is 1.19 bits per heavy atom.